The van der Waals surface area contributed by atoms with Crippen LogP contribution in [0.4, 0.5) is 5.69 Å². The van der Waals surface area contributed by atoms with Crippen LogP contribution in [0.25, 0.3) is 0 Å². The summed E-state index contributed by atoms with van der Waals surface area (Å²) in [6.45, 7) is 3.17. The Bertz CT molecular complexity index is 580. The number of rotatable bonds is 6. The molecule has 6 nitrogen and oxygen atoms in total. The molecule has 0 saturated heterocycles. The van der Waals surface area contributed by atoms with E-state index in [0.717, 1.165) is 12.8 Å². The van der Waals surface area contributed by atoms with E-state index in [1.165, 1.54) is 4.68 Å². The predicted octanol–water partition coefficient (Wildman–Crippen LogP) is 2.41. The van der Waals surface area contributed by atoms with Gasteiger partial charge < -0.3 is 9.84 Å². The highest BCUT2D eigenvalue weighted by Gasteiger charge is 2.08. The van der Waals surface area contributed by atoms with E-state index in [1.54, 1.807) is 18.5 Å². The topological polar surface area (TPSA) is 73.0 Å². The minimum Gasteiger partial charge on any atom is -0.375 e. The molecule has 0 aliphatic rings. The molecule has 0 amide bonds. The molecule has 0 aliphatic heterocycles. The third kappa shape index (κ3) is 3.44. The van der Waals surface area contributed by atoms with Crippen LogP contribution in [0.5, 0.6) is 0 Å². The van der Waals surface area contributed by atoms with Gasteiger partial charge in [-0.05, 0) is 22.4 Å². The summed E-state index contributed by atoms with van der Waals surface area (Å²) in [6, 6.07) is 1.76. The van der Waals surface area contributed by atoms with E-state index in [9.17, 15) is 4.79 Å². The van der Waals surface area contributed by atoms with Crippen LogP contribution in [0.2, 0.25) is 0 Å². The van der Waals surface area contributed by atoms with E-state index in [1.807, 2.05) is 0 Å². The highest BCUT2D eigenvalue weighted by atomic mass is 79.9. The molecule has 19 heavy (non-hydrogen) atoms. The van der Waals surface area contributed by atoms with Gasteiger partial charge in [0.2, 0.25) is 0 Å². The van der Waals surface area contributed by atoms with E-state index in [4.69, 9.17) is 4.52 Å². The second-order valence-corrected chi connectivity index (χ2v) is 4.88. The first kappa shape index (κ1) is 13.8. The Morgan fingerprint density at radius 3 is 3.05 bits per heavy atom. The zero-order chi connectivity index (χ0) is 13.7. The van der Waals surface area contributed by atoms with Crippen LogP contribution in [0.3, 0.4) is 0 Å². The summed E-state index contributed by atoms with van der Waals surface area (Å²) in [5.74, 6) is 0.696. The highest BCUT2D eigenvalue weighted by molar-refractivity contribution is 9.10. The molecule has 102 valence electrons. The summed E-state index contributed by atoms with van der Waals surface area (Å²) in [4.78, 5) is 12.0. The largest absolute Gasteiger partial charge is 0.375 e. The number of nitrogens with one attached hydrogen (secondary N) is 1. The van der Waals surface area contributed by atoms with Gasteiger partial charge in [-0.2, -0.15) is 5.10 Å². The van der Waals surface area contributed by atoms with Crippen molar-refractivity contribution in [3.63, 3.8) is 0 Å². The fourth-order valence-electron chi connectivity index (χ4n) is 1.57. The summed E-state index contributed by atoms with van der Waals surface area (Å²) in [6.07, 6.45) is 5.17. The first-order valence-corrected chi connectivity index (χ1v) is 6.90. The van der Waals surface area contributed by atoms with Crippen LogP contribution in [0.1, 0.15) is 25.5 Å². The quantitative estimate of drug-likeness (QED) is 0.882. The average Bonchev–Trinajstić information content (AvgIpc) is 2.92. The van der Waals surface area contributed by atoms with Gasteiger partial charge in [0.1, 0.15) is 4.47 Å². The van der Waals surface area contributed by atoms with Gasteiger partial charge in [0.15, 0.2) is 5.76 Å². The second kappa shape index (κ2) is 6.51. The smallest absolute Gasteiger partial charge is 0.283 e. The monoisotopic (exact) mass is 326 g/mol. The van der Waals surface area contributed by atoms with Gasteiger partial charge in [-0.15, -0.1) is 0 Å². The van der Waals surface area contributed by atoms with Crippen LogP contribution < -0.4 is 10.9 Å². The maximum absolute atomic E-state index is 12.0. The fourth-order valence-corrected chi connectivity index (χ4v) is 2.02. The number of hydrogen-bond donors (Lipinski definition) is 1. The number of anilines is 1. The van der Waals surface area contributed by atoms with Gasteiger partial charge in [0.25, 0.3) is 5.56 Å². The summed E-state index contributed by atoms with van der Waals surface area (Å²) >= 11 is 3.31. The lowest BCUT2D eigenvalue weighted by atomic mass is 10.3. The molecule has 7 heteroatoms. The van der Waals surface area contributed by atoms with E-state index in [-0.39, 0.29) is 5.56 Å². The Balaban J connectivity index is 2.09. The number of hydrogen-bond acceptors (Lipinski definition) is 5. The van der Waals surface area contributed by atoms with Crippen LogP contribution >= 0.6 is 15.9 Å². The molecule has 0 aliphatic carbocycles. The van der Waals surface area contributed by atoms with E-state index < -0.39 is 0 Å². The maximum Gasteiger partial charge on any atom is 0.283 e. The molecule has 0 fully saturated rings. The van der Waals surface area contributed by atoms with Crippen molar-refractivity contribution in [2.75, 3.05) is 5.32 Å². The van der Waals surface area contributed by atoms with E-state index in [0.29, 0.717) is 29.0 Å². The first-order valence-electron chi connectivity index (χ1n) is 6.11. The van der Waals surface area contributed by atoms with Crippen molar-refractivity contribution in [2.45, 2.75) is 32.9 Å². The zero-order valence-electron chi connectivity index (χ0n) is 10.6. The minimum atomic E-state index is -0.129. The molecule has 2 rings (SSSR count). The summed E-state index contributed by atoms with van der Waals surface area (Å²) in [7, 11) is 0. The van der Waals surface area contributed by atoms with Crippen molar-refractivity contribution in [1.82, 2.24) is 14.9 Å². The fraction of sp³-hybridized carbons (Fsp3) is 0.417. The Hall–Kier alpha value is -1.63. The molecule has 0 atom stereocenters. The third-order valence-corrected chi connectivity index (χ3v) is 3.42. The van der Waals surface area contributed by atoms with Crippen molar-refractivity contribution in [3.05, 3.63) is 39.0 Å². The molecule has 1 N–H and O–H groups in total. The Labute approximate surface area is 118 Å². The molecule has 2 aromatic rings. The SMILES string of the molecule is CCCCn1ncc(NCc2ccno2)c(Br)c1=O. The van der Waals surface area contributed by atoms with Crippen molar-refractivity contribution in [1.29, 1.82) is 0 Å². The number of nitrogens with zero attached hydrogens (tertiary/aromatic N) is 3. The predicted molar refractivity (Wildman–Crippen MR) is 74.9 cm³/mol. The van der Waals surface area contributed by atoms with Crippen LogP contribution in [-0.4, -0.2) is 14.9 Å². The Kier molecular flexibility index (Phi) is 4.73. The molecule has 0 radical (unpaired) electrons. The molecule has 0 unspecified atom stereocenters. The summed E-state index contributed by atoms with van der Waals surface area (Å²) in [5, 5.41) is 10.8. The molecule has 2 aromatic heterocycles. The molecule has 0 aromatic carbocycles. The number of aromatic nitrogens is 3. The molecule has 2 heterocycles. The molecular weight excluding hydrogens is 312 g/mol. The maximum atomic E-state index is 12.0. The minimum absolute atomic E-state index is 0.129. The van der Waals surface area contributed by atoms with E-state index >= 15 is 0 Å². The number of aryl methyl sites for hydroxylation is 1. The molecule has 0 bridgehead atoms. The van der Waals surface area contributed by atoms with Gasteiger partial charge in [-0.3, -0.25) is 4.79 Å². The van der Waals surface area contributed by atoms with E-state index in [2.05, 4.69) is 38.4 Å². The second-order valence-electron chi connectivity index (χ2n) is 4.09. The number of halogens is 1. The zero-order valence-corrected chi connectivity index (χ0v) is 12.2. The lowest BCUT2D eigenvalue weighted by Gasteiger charge is -2.09. The summed E-state index contributed by atoms with van der Waals surface area (Å²) in [5.41, 5.74) is 0.519. The normalized spacial score (nSPS) is 10.6. The summed E-state index contributed by atoms with van der Waals surface area (Å²) < 4.78 is 6.92. The van der Waals surface area contributed by atoms with Gasteiger partial charge in [0.05, 0.1) is 24.6 Å². The van der Waals surface area contributed by atoms with Crippen molar-refractivity contribution < 1.29 is 4.52 Å². The molecule has 0 spiro atoms. The van der Waals surface area contributed by atoms with Crippen LogP contribution in [0, 0.1) is 0 Å². The lowest BCUT2D eigenvalue weighted by molar-refractivity contribution is 0.388. The van der Waals surface area contributed by atoms with Crippen molar-refractivity contribution in [2.24, 2.45) is 0 Å². The van der Waals surface area contributed by atoms with Crippen molar-refractivity contribution in [3.8, 4) is 0 Å². The van der Waals surface area contributed by atoms with Gasteiger partial charge in [-0.1, -0.05) is 18.5 Å². The van der Waals surface area contributed by atoms with Crippen LogP contribution in [0.15, 0.2) is 32.3 Å². The third-order valence-electron chi connectivity index (χ3n) is 2.65. The van der Waals surface area contributed by atoms with Gasteiger partial charge in [0, 0.05) is 12.6 Å². The molecule has 0 saturated carbocycles. The van der Waals surface area contributed by atoms with Gasteiger partial charge in [-0.25, -0.2) is 4.68 Å². The first-order chi connectivity index (χ1) is 9.22. The van der Waals surface area contributed by atoms with Crippen molar-refractivity contribution >= 4 is 21.6 Å². The van der Waals surface area contributed by atoms with Gasteiger partial charge >= 0.3 is 0 Å². The van der Waals surface area contributed by atoms with Crippen LogP contribution in [-0.2, 0) is 13.1 Å². The lowest BCUT2D eigenvalue weighted by Crippen LogP contribution is -2.24. The highest BCUT2D eigenvalue weighted by Crippen LogP contribution is 2.17. The Morgan fingerprint density at radius 1 is 1.53 bits per heavy atom. The average molecular weight is 327 g/mol. The Morgan fingerprint density at radius 2 is 2.37 bits per heavy atom. The standard InChI is InChI=1S/C12H15BrN4O2/c1-2-3-6-17-12(18)11(13)10(8-15-17)14-7-9-4-5-16-19-9/h4-5,8,14H,2-3,6-7H2,1H3. The number of unbranched alkanes of at least 4 members (excludes halogenated alkanes) is 1. The molecular formula is C12H15BrN4O2.